The van der Waals surface area contributed by atoms with Gasteiger partial charge in [-0.2, -0.15) is 0 Å². The van der Waals surface area contributed by atoms with Gasteiger partial charge in [0.25, 0.3) is 0 Å². The number of hydrogen-bond acceptors (Lipinski definition) is 3. The molecule has 1 heterocycles. The van der Waals surface area contributed by atoms with Crippen LogP contribution in [0.1, 0.15) is 15.3 Å². The van der Waals surface area contributed by atoms with E-state index in [-0.39, 0.29) is 4.83 Å². The number of alkyl halides is 1. The highest BCUT2D eigenvalue weighted by atomic mass is 79.9. The number of thiophene rings is 1. The number of hydrogen-bond donors (Lipinski definition) is 0. The Morgan fingerprint density at radius 3 is 2.56 bits per heavy atom. The van der Waals surface area contributed by atoms with Gasteiger partial charge in [0, 0.05) is 10.6 Å². The molecule has 0 saturated heterocycles. The van der Waals surface area contributed by atoms with Crippen LogP contribution in [0.2, 0.25) is 5.02 Å². The molecule has 0 N–H and O–H groups in total. The van der Waals surface area contributed by atoms with E-state index in [2.05, 4.69) is 15.9 Å². The second-order valence-electron chi connectivity index (χ2n) is 3.60. The molecular weight excluding hydrogens is 336 g/mol. The first-order valence-electron chi connectivity index (χ1n) is 5.26. The Morgan fingerprint density at radius 1 is 1.17 bits per heavy atom. The zero-order valence-electron chi connectivity index (χ0n) is 9.94. The average molecular weight is 348 g/mol. The van der Waals surface area contributed by atoms with Gasteiger partial charge in [-0.05, 0) is 29.6 Å². The summed E-state index contributed by atoms with van der Waals surface area (Å²) in [6.45, 7) is 0. The molecule has 5 heteroatoms. The standard InChI is InChI=1S/C13H12BrClO2S/c1-16-10-4-3-8(15)7-9(10)12(14)13-11(17-2)5-6-18-13/h3-7,12H,1-2H3. The molecule has 1 unspecified atom stereocenters. The van der Waals surface area contributed by atoms with Crippen LogP contribution >= 0.6 is 38.9 Å². The van der Waals surface area contributed by atoms with Crippen molar-refractivity contribution in [1.82, 2.24) is 0 Å². The summed E-state index contributed by atoms with van der Waals surface area (Å²) in [4.78, 5) is 1.10. The van der Waals surface area contributed by atoms with Crippen molar-refractivity contribution in [3.63, 3.8) is 0 Å². The molecule has 96 valence electrons. The Bertz CT molecular complexity index is 542. The maximum atomic E-state index is 6.05. The highest BCUT2D eigenvalue weighted by molar-refractivity contribution is 9.09. The SMILES string of the molecule is COc1ccc(Cl)cc1C(Br)c1sccc1OC. The van der Waals surface area contributed by atoms with E-state index in [1.807, 2.05) is 29.6 Å². The van der Waals surface area contributed by atoms with Crippen LogP contribution in [0.5, 0.6) is 11.5 Å². The summed E-state index contributed by atoms with van der Waals surface area (Å²) < 4.78 is 10.7. The first-order chi connectivity index (χ1) is 8.67. The van der Waals surface area contributed by atoms with Crippen LogP contribution in [0.3, 0.4) is 0 Å². The summed E-state index contributed by atoms with van der Waals surface area (Å²) in [7, 11) is 3.32. The van der Waals surface area contributed by atoms with Gasteiger partial charge in [0.2, 0.25) is 0 Å². The third-order valence-electron chi connectivity index (χ3n) is 2.57. The van der Waals surface area contributed by atoms with E-state index >= 15 is 0 Å². The summed E-state index contributed by atoms with van der Waals surface area (Å²) >= 11 is 11.4. The maximum Gasteiger partial charge on any atom is 0.134 e. The van der Waals surface area contributed by atoms with Gasteiger partial charge in [-0.1, -0.05) is 27.5 Å². The maximum absolute atomic E-state index is 6.05. The predicted molar refractivity (Wildman–Crippen MR) is 79.6 cm³/mol. The predicted octanol–water partition coefficient (Wildman–Crippen LogP) is 4.90. The molecule has 2 nitrogen and oxygen atoms in total. The minimum atomic E-state index is 0.00102. The van der Waals surface area contributed by atoms with E-state index in [1.54, 1.807) is 25.6 Å². The molecule has 0 amide bonds. The molecule has 18 heavy (non-hydrogen) atoms. The van der Waals surface area contributed by atoms with Crippen molar-refractivity contribution in [3.05, 3.63) is 45.1 Å². The lowest BCUT2D eigenvalue weighted by atomic mass is 10.1. The Morgan fingerprint density at radius 2 is 1.89 bits per heavy atom. The van der Waals surface area contributed by atoms with Crippen molar-refractivity contribution >= 4 is 38.9 Å². The second kappa shape index (κ2) is 5.95. The first kappa shape index (κ1) is 13.7. The molecule has 1 atom stereocenters. The van der Waals surface area contributed by atoms with Crippen LogP contribution in [0.4, 0.5) is 0 Å². The number of benzene rings is 1. The lowest BCUT2D eigenvalue weighted by Gasteiger charge is -2.14. The van der Waals surface area contributed by atoms with Crippen LogP contribution < -0.4 is 9.47 Å². The fraction of sp³-hybridized carbons (Fsp3) is 0.231. The van der Waals surface area contributed by atoms with Gasteiger partial charge in [-0.25, -0.2) is 0 Å². The molecule has 2 rings (SSSR count). The van der Waals surface area contributed by atoms with Gasteiger partial charge in [-0.3, -0.25) is 0 Å². The zero-order valence-corrected chi connectivity index (χ0v) is 13.1. The van der Waals surface area contributed by atoms with Crippen molar-refractivity contribution in [2.75, 3.05) is 14.2 Å². The van der Waals surface area contributed by atoms with Gasteiger partial charge in [-0.15, -0.1) is 11.3 Å². The fourth-order valence-electron chi connectivity index (χ4n) is 1.71. The number of ether oxygens (including phenoxy) is 2. The van der Waals surface area contributed by atoms with E-state index in [0.717, 1.165) is 21.9 Å². The minimum Gasteiger partial charge on any atom is -0.496 e. The summed E-state index contributed by atoms with van der Waals surface area (Å²) in [6, 6.07) is 7.53. The summed E-state index contributed by atoms with van der Waals surface area (Å²) in [6.07, 6.45) is 0. The average Bonchev–Trinajstić information content (AvgIpc) is 2.86. The molecule has 0 radical (unpaired) electrons. The Kier molecular flexibility index (Phi) is 4.54. The third kappa shape index (κ3) is 2.66. The molecular formula is C13H12BrClO2S. The van der Waals surface area contributed by atoms with Gasteiger partial charge in [0.15, 0.2) is 0 Å². The second-order valence-corrected chi connectivity index (χ2v) is 5.90. The van der Waals surface area contributed by atoms with E-state index in [4.69, 9.17) is 21.1 Å². The first-order valence-corrected chi connectivity index (χ1v) is 7.43. The minimum absolute atomic E-state index is 0.00102. The summed E-state index contributed by atoms with van der Waals surface area (Å²) in [5.74, 6) is 1.67. The van der Waals surface area contributed by atoms with E-state index in [1.165, 1.54) is 0 Å². The molecule has 0 bridgehead atoms. The Hall–Kier alpha value is -0.710. The van der Waals surface area contributed by atoms with Crippen molar-refractivity contribution < 1.29 is 9.47 Å². The monoisotopic (exact) mass is 346 g/mol. The highest BCUT2D eigenvalue weighted by Gasteiger charge is 2.20. The summed E-state index contributed by atoms with van der Waals surface area (Å²) in [5.41, 5.74) is 0.991. The fourth-order valence-corrected chi connectivity index (χ4v) is 3.65. The molecule has 0 saturated carbocycles. The third-order valence-corrected chi connectivity index (χ3v) is 5.02. The zero-order chi connectivity index (χ0) is 13.1. The van der Waals surface area contributed by atoms with E-state index in [0.29, 0.717) is 5.02 Å². The Labute approximate surface area is 124 Å². The topological polar surface area (TPSA) is 18.5 Å². The molecule has 0 fully saturated rings. The largest absolute Gasteiger partial charge is 0.496 e. The lowest BCUT2D eigenvalue weighted by molar-refractivity contribution is 0.407. The van der Waals surface area contributed by atoms with E-state index < -0.39 is 0 Å². The van der Waals surface area contributed by atoms with Crippen LogP contribution in [0.25, 0.3) is 0 Å². The Balaban J connectivity index is 2.45. The molecule has 0 aliphatic heterocycles. The van der Waals surface area contributed by atoms with Crippen LogP contribution in [-0.2, 0) is 0 Å². The molecule has 1 aromatic heterocycles. The molecule has 2 aromatic rings. The highest BCUT2D eigenvalue weighted by Crippen LogP contribution is 2.44. The van der Waals surface area contributed by atoms with E-state index in [9.17, 15) is 0 Å². The molecule has 0 aliphatic carbocycles. The number of methoxy groups -OCH3 is 2. The summed E-state index contributed by atoms with van der Waals surface area (Å²) in [5, 5.41) is 2.69. The van der Waals surface area contributed by atoms with Gasteiger partial charge < -0.3 is 9.47 Å². The van der Waals surface area contributed by atoms with Crippen molar-refractivity contribution in [2.24, 2.45) is 0 Å². The molecule has 0 aliphatic rings. The number of rotatable bonds is 4. The van der Waals surface area contributed by atoms with Crippen LogP contribution in [-0.4, -0.2) is 14.2 Å². The van der Waals surface area contributed by atoms with Gasteiger partial charge in [0.1, 0.15) is 11.5 Å². The van der Waals surface area contributed by atoms with Crippen molar-refractivity contribution in [1.29, 1.82) is 0 Å². The quantitative estimate of drug-likeness (QED) is 0.732. The smallest absolute Gasteiger partial charge is 0.134 e. The van der Waals surface area contributed by atoms with Gasteiger partial charge in [0.05, 0.1) is 23.9 Å². The normalized spacial score (nSPS) is 12.2. The van der Waals surface area contributed by atoms with Gasteiger partial charge >= 0.3 is 0 Å². The van der Waals surface area contributed by atoms with Crippen LogP contribution in [0, 0.1) is 0 Å². The van der Waals surface area contributed by atoms with Crippen LogP contribution in [0.15, 0.2) is 29.6 Å². The van der Waals surface area contributed by atoms with Crippen molar-refractivity contribution in [3.8, 4) is 11.5 Å². The molecule has 0 spiro atoms. The lowest BCUT2D eigenvalue weighted by Crippen LogP contribution is -1.97. The van der Waals surface area contributed by atoms with Crippen molar-refractivity contribution in [2.45, 2.75) is 4.83 Å². The molecule has 1 aromatic carbocycles. The number of halogens is 2.